The highest BCUT2D eigenvalue weighted by atomic mass is 16.5. The van der Waals surface area contributed by atoms with Crippen molar-refractivity contribution in [3.63, 3.8) is 0 Å². The molecule has 17 heavy (non-hydrogen) atoms. The molecule has 0 atom stereocenters. The smallest absolute Gasteiger partial charge is 0.362 e. The van der Waals surface area contributed by atoms with Crippen molar-refractivity contribution in [3.05, 3.63) is 23.6 Å². The quantitative estimate of drug-likeness (QED) is 0.819. The molecule has 0 fully saturated rings. The molecule has 0 aliphatic carbocycles. The van der Waals surface area contributed by atoms with Crippen LogP contribution in [0.4, 0.5) is 5.88 Å². The fourth-order valence-electron chi connectivity index (χ4n) is 1.33. The molecule has 0 aliphatic heterocycles. The number of anilines is 1. The van der Waals surface area contributed by atoms with Gasteiger partial charge in [-0.15, -0.1) is 0 Å². The highest BCUT2D eigenvalue weighted by Crippen LogP contribution is 2.25. The summed E-state index contributed by atoms with van der Waals surface area (Å²) in [4.78, 5) is 15.4. The summed E-state index contributed by atoms with van der Waals surface area (Å²) >= 11 is 0. The van der Waals surface area contributed by atoms with Crippen molar-refractivity contribution >= 4 is 11.9 Å². The number of carbonyl (C=O) groups excluding carboxylic acids is 1. The average Bonchev–Trinajstić information content (AvgIpc) is 2.85. The first-order valence-corrected chi connectivity index (χ1v) is 5.12. The third-order valence-corrected chi connectivity index (χ3v) is 2.07. The number of ether oxygens (including phenoxy) is 1. The van der Waals surface area contributed by atoms with Crippen LogP contribution in [0.1, 0.15) is 23.2 Å². The van der Waals surface area contributed by atoms with Gasteiger partial charge in [-0.2, -0.15) is 4.98 Å². The van der Waals surface area contributed by atoms with Crippen molar-refractivity contribution in [3.8, 4) is 11.7 Å². The molecule has 0 aromatic carbocycles. The van der Waals surface area contributed by atoms with E-state index >= 15 is 0 Å². The lowest BCUT2D eigenvalue weighted by atomic mass is 10.4. The van der Waals surface area contributed by atoms with Crippen LogP contribution in [0.3, 0.4) is 0 Å². The molecule has 6 nitrogen and oxygen atoms in total. The van der Waals surface area contributed by atoms with Gasteiger partial charge in [0.25, 0.3) is 5.89 Å². The minimum atomic E-state index is -0.608. The van der Waals surface area contributed by atoms with E-state index in [9.17, 15) is 4.79 Å². The van der Waals surface area contributed by atoms with Crippen LogP contribution < -0.4 is 5.73 Å². The van der Waals surface area contributed by atoms with E-state index in [1.807, 2.05) is 0 Å². The molecule has 0 spiro atoms. The molecule has 0 aliphatic rings. The van der Waals surface area contributed by atoms with Gasteiger partial charge >= 0.3 is 5.97 Å². The van der Waals surface area contributed by atoms with E-state index in [2.05, 4.69) is 4.98 Å². The lowest BCUT2D eigenvalue weighted by Gasteiger charge is -1.96. The molecule has 0 saturated heterocycles. The summed E-state index contributed by atoms with van der Waals surface area (Å²) in [6.07, 6.45) is 0. The Balaban J connectivity index is 2.33. The molecule has 0 bridgehead atoms. The molecule has 2 aromatic rings. The number of rotatable bonds is 3. The Hall–Kier alpha value is -2.24. The molecule has 0 radical (unpaired) electrons. The van der Waals surface area contributed by atoms with Crippen LogP contribution in [-0.2, 0) is 4.74 Å². The Morgan fingerprint density at radius 2 is 2.24 bits per heavy atom. The lowest BCUT2D eigenvalue weighted by Crippen LogP contribution is -2.07. The monoisotopic (exact) mass is 236 g/mol. The van der Waals surface area contributed by atoms with Gasteiger partial charge < -0.3 is 19.3 Å². The molecular weight excluding hydrogens is 224 g/mol. The number of furan rings is 1. The van der Waals surface area contributed by atoms with Crippen LogP contribution >= 0.6 is 0 Å². The first-order valence-electron chi connectivity index (χ1n) is 5.12. The minimum Gasteiger partial charge on any atom is -0.461 e. The van der Waals surface area contributed by atoms with Crippen LogP contribution in [0.5, 0.6) is 0 Å². The molecule has 0 unspecified atom stereocenters. The normalized spacial score (nSPS) is 10.5. The number of aryl methyl sites for hydroxylation is 1. The van der Waals surface area contributed by atoms with Crippen LogP contribution in [0.2, 0.25) is 0 Å². The molecular formula is C11H12N2O4. The second-order valence-corrected chi connectivity index (χ2v) is 3.36. The highest BCUT2D eigenvalue weighted by Gasteiger charge is 2.21. The second-order valence-electron chi connectivity index (χ2n) is 3.36. The van der Waals surface area contributed by atoms with Crippen molar-refractivity contribution in [1.82, 2.24) is 4.98 Å². The summed E-state index contributed by atoms with van der Waals surface area (Å²) in [5, 5.41) is 0. The maximum atomic E-state index is 11.5. The van der Waals surface area contributed by atoms with Gasteiger partial charge in [0.1, 0.15) is 5.76 Å². The Bertz CT molecular complexity index is 541. The summed E-state index contributed by atoms with van der Waals surface area (Å²) in [5.41, 5.74) is 5.51. The maximum absolute atomic E-state index is 11.5. The number of nitrogens with zero attached hydrogens (tertiary/aromatic N) is 1. The van der Waals surface area contributed by atoms with E-state index in [-0.39, 0.29) is 24.1 Å². The summed E-state index contributed by atoms with van der Waals surface area (Å²) in [7, 11) is 0. The van der Waals surface area contributed by atoms with E-state index < -0.39 is 5.97 Å². The van der Waals surface area contributed by atoms with Gasteiger partial charge in [-0.05, 0) is 26.0 Å². The summed E-state index contributed by atoms with van der Waals surface area (Å²) in [5.74, 6) is 0.619. The molecule has 2 rings (SSSR count). The van der Waals surface area contributed by atoms with Crippen LogP contribution in [0.15, 0.2) is 21.0 Å². The molecule has 2 heterocycles. The van der Waals surface area contributed by atoms with Crippen LogP contribution in [0.25, 0.3) is 11.7 Å². The standard InChI is InChI=1S/C11H12N2O4/c1-3-15-11(14)8-9(12)17-10(13-8)7-5-4-6(2)16-7/h4-5H,3,12H2,1-2H3. The lowest BCUT2D eigenvalue weighted by molar-refractivity contribution is 0.0521. The van der Waals surface area contributed by atoms with Crippen molar-refractivity contribution in [1.29, 1.82) is 0 Å². The predicted octanol–water partition coefficient (Wildman–Crippen LogP) is 2.00. The van der Waals surface area contributed by atoms with Crippen molar-refractivity contribution in [2.24, 2.45) is 0 Å². The van der Waals surface area contributed by atoms with Crippen molar-refractivity contribution < 1.29 is 18.4 Å². The average molecular weight is 236 g/mol. The summed E-state index contributed by atoms with van der Waals surface area (Å²) in [6, 6.07) is 3.45. The minimum absolute atomic E-state index is 0.0316. The Labute approximate surface area is 97.4 Å². The van der Waals surface area contributed by atoms with Crippen molar-refractivity contribution in [2.45, 2.75) is 13.8 Å². The number of nitrogen functional groups attached to an aromatic ring is 1. The number of oxazole rings is 1. The largest absolute Gasteiger partial charge is 0.461 e. The zero-order valence-electron chi connectivity index (χ0n) is 9.52. The molecule has 0 amide bonds. The highest BCUT2D eigenvalue weighted by molar-refractivity contribution is 5.92. The van der Waals surface area contributed by atoms with Crippen LogP contribution in [0, 0.1) is 6.92 Å². The zero-order chi connectivity index (χ0) is 12.4. The van der Waals surface area contributed by atoms with Gasteiger partial charge in [-0.1, -0.05) is 0 Å². The summed E-state index contributed by atoms with van der Waals surface area (Å²) in [6.45, 7) is 3.74. The summed E-state index contributed by atoms with van der Waals surface area (Å²) < 4.78 is 15.3. The van der Waals surface area contributed by atoms with Gasteiger partial charge in [0, 0.05) is 0 Å². The Morgan fingerprint density at radius 1 is 1.47 bits per heavy atom. The van der Waals surface area contributed by atoms with Gasteiger partial charge in [-0.25, -0.2) is 4.79 Å². The van der Waals surface area contributed by atoms with Gasteiger partial charge in [0.05, 0.1) is 6.61 Å². The van der Waals surface area contributed by atoms with Gasteiger partial charge in [-0.3, -0.25) is 0 Å². The molecule has 2 aromatic heterocycles. The molecule has 6 heteroatoms. The topological polar surface area (TPSA) is 91.5 Å². The second kappa shape index (κ2) is 4.32. The van der Waals surface area contributed by atoms with Crippen LogP contribution in [-0.4, -0.2) is 17.6 Å². The van der Waals surface area contributed by atoms with E-state index in [1.54, 1.807) is 26.0 Å². The number of esters is 1. The number of hydrogen-bond acceptors (Lipinski definition) is 6. The number of carbonyl (C=O) groups is 1. The number of nitrogens with two attached hydrogens (primary N) is 1. The van der Waals surface area contributed by atoms with E-state index in [1.165, 1.54) is 0 Å². The molecule has 90 valence electrons. The fraction of sp³-hybridized carbons (Fsp3) is 0.273. The van der Waals surface area contributed by atoms with Crippen molar-refractivity contribution in [2.75, 3.05) is 12.3 Å². The van der Waals surface area contributed by atoms with Gasteiger partial charge in [0.15, 0.2) is 5.76 Å². The third kappa shape index (κ3) is 2.15. The zero-order valence-corrected chi connectivity index (χ0v) is 9.52. The predicted molar refractivity (Wildman–Crippen MR) is 59.3 cm³/mol. The number of aromatic nitrogens is 1. The van der Waals surface area contributed by atoms with E-state index in [4.69, 9.17) is 19.3 Å². The van der Waals surface area contributed by atoms with E-state index in [0.29, 0.717) is 5.76 Å². The SMILES string of the molecule is CCOC(=O)c1nc(-c2ccc(C)o2)oc1N. The Morgan fingerprint density at radius 3 is 2.82 bits per heavy atom. The first kappa shape index (κ1) is 11.3. The fourth-order valence-corrected chi connectivity index (χ4v) is 1.33. The Kier molecular flexibility index (Phi) is 2.86. The first-order chi connectivity index (χ1) is 8.11. The molecule has 2 N–H and O–H groups in total. The molecule has 0 saturated carbocycles. The number of hydrogen-bond donors (Lipinski definition) is 1. The maximum Gasteiger partial charge on any atom is 0.362 e. The third-order valence-electron chi connectivity index (χ3n) is 2.07. The van der Waals surface area contributed by atoms with Gasteiger partial charge in [0.2, 0.25) is 11.6 Å². The van der Waals surface area contributed by atoms with E-state index in [0.717, 1.165) is 5.76 Å².